The SMILES string of the molecule is CN(CCO)C(=O)c1cccc(-n2cccc2)c1. The van der Waals surface area contributed by atoms with Crippen LogP contribution in [0.25, 0.3) is 5.69 Å². The molecule has 18 heavy (non-hydrogen) atoms. The molecule has 0 unspecified atom stereocenters. The molecule has 1 aromatic carbocycles. The zero-order chi connectivity index (χ0) is 13.0. The van der Waals surface area contributed by atoms with Gasteiger partial charge in [-0.2, -0.15) is 0 Å². The van der Waals surface area contributed by atoms with Crippen LogP contribution in [0.3, 0.4) is 0 Å². The van der Waals surface area contributed by atoms with Crippen molar-refractivity contribution in [3.63, 3.8) is 0 Å². The highest BCUT2D eigenvalue weighted by atomic mass is 16.3. The largest absolute Gasteiger partial charge is 0.395 e. The highest BCUT2D eigenvalue weighted by Crippen LogP contribution is 2.12. The lowest BCUT2D eigenvalue weighted by Crippen LogP contribution is -2.29. The summed E-state index contributed by atoms with van der Waals surface area (Å²) in [7, 11) is 1.68. The highest BCUT2D eigenvalue weighted by molar-refractivity contribution is 5.94. The molecule has 0 radical (unpaired) electrons. The van der Waals surface area contributed by atoms with Crippen LogP contribution < -0.4 is 0 Å². The monoisotopic (exact) mass is 244 g/mol. The third-order valence-electron chi connectivity index (χ3n) is 2.78. The molecule has 0 saturated heterocycles. The predicted octanol–water partition coefficient (Wildman–Crippen LogP) is 1.54. The average Bonchev–Trinajstić information content (AvgIpc) is 2.92. The number of benzene rings is 1. The molecular formula is C14H16N2O2. The van der Waals surface area contributed by atoms with Gasteiger partial charge in [-0.05, 0) is 30.3 Å². The van der Waals surface area contributed by atoms with Crippen LogP contribution in [0.15, 0.2) is 48.8 Å². The molecule has 1 aromatic heterocycles. The number of likely N-dealkylation sites (N-methyl/N-ethyl adjacent to an activating group) is 1. The summed E-state index contributed by atoms with van der Waals surface area (Å²) in [4.78, 5) is 13.6. The van der Waals surface area contributed by atoms with Crippen molar-refractivity contribution < 1.29 is 9.90 Å². The molecule has 0 aliphatic rings. The first-order chi connectivity index (χ1) is 8.72. The molecule has 94 valence electrons. The molecule has 2 rings (SSSR count). The van der Waals surface area contributed by atoms with Gasteiger partial charge in [-0.1, -0.05) is 6.07 Å². The zero-order valence-electron chi connectivity index (χ0n) is 10.3. The maximum atomic E-state index is 12.1. The Balaban J connectivity index is 2.25. The van der Waals surface area contributed by atoms with Gasteiger partial charge in [-0.3, -0.25) is 4.79 Å². The number of aliphatic hydroxyl groups is 1. The van der Waals surface area contributed by atoms with E-state index < -0.39 is 0 Å². The number of amides is 1. The van der Waals surface area contributed by atoms with E-state index in [1.165, 1.54) is 4.90 Å². The second kappa shape index (κ2) is 5.51. The van der Waals surface area contributed by atoms with E-state index in [1.807, 2.05) is 47.3 Å². The van der Waals surface area contributed by atoms with Crippen molar-refractivity contribution in [2.24, 2.45) is 0 Å². The van der Waals surface area contributed by atoms with Gasteiger partial charge in [0.2, 0.25) is 0 Å². The fourth-order valence-corrected chi connectivity index (χ4v) is 1.78. The van der Waals surface area contributed by atoms with E-state index in [0.717, 1.165) is 5.69 Å². The Bertz CT molecular complexity index is 520. The van der Waals surface area contributed by atoms with Crippen molar-refractivity contribution in [1.82, 2.24) is 9.47 Å². The maximum Gasteiger partial charge on any atom is 0.253 e. The fourth-order valence-electron chi connectivity index (χ4n) is 1.78. The molecule has 0 aliphatic carbocycles. The van der Waals surface area contributed by atoms with Crippen molar-refractivity contribution in [3.05, 3.63) is 54.4 Å². The first-order valence-electron chi connectivity index (χ1n) is 5.82. The number of aliphatic hydroxyl groups excluding tert-OH is 1. The number of nitrogens with zero attached hydrogens (tertiary/aromatic N) is 2. The molecular weight excluding hydrogens is 228 g/mol. The van der Waals surface area contributed by atoms with Gasteiger partial charge in [-0.15, -0.1) is 0 Å². The molecule has 4 heteroatoms. The lowest BCUT2D eigenvalue weighted by atomic mass is 10.1. The van der Waals surface area contributed by atoms with E-state index in [1.54, 1.807) is 13.1 Å². The minimum atomic E-state index is -0.0851. The number of aromatic nitrogens is 1. The van der Waals surface area contributed by atoms with Crippen LogP contribution in [-0.2, 0) is 0 Å². The first-order valence-corrected chi connectivity index (χ1v) is 5.82. The van der Waals surface area contributed by atoms with Gasteiger partial charge in [0.25, 0.3) is 5.91 Å². The van der Waals surface area contributed by atoms with Crippen LogP contribution >= 0.6 is 0 Å². The molecule has 1 amide bonds. The number of carbonyl (C=O) groups excluding carboxylic acids is 1. The van der Waals surface area contributed by atoms with Gasteiger partial charge in [0.05, 0.1) is 6.61 Å². The normalized spacial score (nSPS) is 10.3. The molecule has 0 fully saturated rings. The summed E-state index contributed by atoms with van der Waals surface area (Å²) < 4.78 is 1.95. The van der Waals surface area contributed by atoms with Crippen LogP contribution in [-0.4, -0.2) is 40.7 Å². The zero-order valence-corrected chi connectivity index (χ0v) is 10.3. The van der Waals surface area contributed by atoms with Crippen LogP contribution in [0.2, 0.25) is 0 Å². The molecule has 1 heterocycles. The molecule has 0 bridgehead atoms. The predicted molar refractivity (Wildman–Crippen MR) is 69.8 cm³/mol. The number of rotatable bonds is 4. The first kappa shape index (κ1) is 12.4. The quantitative estimate of drug-likeness (QED) is 0.886. The Morgan fingerprint density at radius 3 is 2.67 bits per heavy atom. The van der Waals surface area contributed by atoms with Gasteiger partial charge in [-0.25, -0.2) is 0 Å². The third kappa shape index (κ3) is 2.60. The summed E-state index contributed by atoms with van der Waals surface area (Å²) in [6, 6.07) is 11.3. The Morgan fingerprint density at radius 2 is 2.00 bits per heavy atom. The van der Waals surface area contributed by atoms with Gasteiger partial charge in [0.1, 0.15) is 0 Å². The average molecular weight is 244 g/mol. The van der Waals surface area contributed by atoms with E-state index in [4.69, 9.17) is 5.11 Å². The number of hydrogen-bond acceptors (Lipinski definition) is 2. The van der Waals surface area contributed by atoms with Crippen molar-refractivity contribution in [2.45, 2.75) is 0 Å². The van der Waals surface area contributed by atoms with E-state index in [9.17, 15) is 4.79 Å². The summed E-state index contributed by atoms with van der Waals surface area (Å²) in [6.07, 6.45) is 3.86. The minimum absolute atomic E-state index is 0.0282. The van der Waals surface area contributed by atoms with Gasteiger partial charge in [0.15, 0.2) is 0 Å². The maximum absolute atomic E-state index is 12.1. The molecule has 0 spiro atoms. The summed E-state index contributed by atoms with van der Waals surface area (Å²) >= 11 is 0. The van der Waals surface area contributed by atoms with Crippen LogP contribution in [0, 0.1) is 0 Å². The van der Waals surface area contributed by atoms with Gasteiger partial charge < -0.3 is 14.6 Å². The minimum Gasteiger partial charge on any atom is -0.395 e. The van der Waals surface area contributed by atoms with E-state index in [2.05, 4.69) is 0 Å². The smallest absolute Gasteiger partial charge is 0.253 e. The van der Waals surface area contributed by atoms with Crippen molar-refractivity contribution in [2.75, 3.05) is 20.2 Å². The number of carbonyl (C=O) groups is 1. The van der Waals surface area contributed by atoms with E-state index in [0.29, 0.717) is 12.1 Å². The molecule has 0 atom stereocenters. The van der Waals surface area contributed by atoms with Crippen molar-refractivity contribution in [3.8, 4) is 5.69 Å². The molecule has 4 nitrogen and oxygen atoms in total. The molecule has 2 aromatic rings. The lowest BCUT2D eigenvalue weighted by molar-refractivity contribution is 0.0767. The second-order valence-corrected chi connectivity index (χ2v) is 4.09. The van der Waals surface area contributed by atoms with Crippen molar-refractivity contribution in [1.29, 1.82) is 0 Å². The highest BCUT2D eigenvalue weighted by Gasteiger charge is 2.11. The number of hydrogen-bond donors (Lipinski definition) is 1. The van der Waals surface area contributed by atoms with Crippen LogP contribution in [0.4, 0.5) is 0 Å². The molecule has 1 N–H and O–H groups in total. The summed E-state index contributed by atoms with van der Waals surface area (Å²) in [6.45, 7) is 0.312. The summed E-state index contributed by atoms with van der Waals surface area (Å²) in [5.74, 6) is -0.0851. The van der Waals surface area contributed by atoms with Crippen molar-refractivity contribution >= 4 is 5.91 Å². The third-order valence-corrected chi connectivity index (χ3v) is 2.78. The second-order valence-electron chi connectivity index (χ2n) is 4.09. The van der Waals surface area contributed by atoms with E-state index in [-0.39, 0.29) is 12.5 Å². The van der Waals surface area contributed by atoms with Gasteiger partial charge in [0, 0.05) is 37.2 Å². The molecule has 0 saturated carbocycles. The lowest BCUT2D eigenvalue weighted by Gasteiger charge is -2.16. The standard InChI is InChI=1S/C14H16N2O2/c1-15(9-10-17)14(18)12-5-4-6-13(11-12)16-7-2-3-8-16/h2-8,11,17H,9-10H2,1H3. The van der Waals surface area contributed by atoms with Crippen LogP contribution in [0.5, 0.6) is 0 Å². The Hall–Kier alpha value is -2.07. The topological polar surface area (TPSA) is 45.5 Å². The Labute approximate surface area is 106 Å². The summed E-state index contributed by atoms with van der Waals surface area (Å²) in [5, 5.41) is 8.84. The van der Waals surface area contributed by atoms with E-state index >= 15 is 0 Å². The Morgan fingerprint density at radius 1 is 1.28 bits per heavy atom. The summed E-state index contributed by atoms with van der Waals surface area (Å²) in [5.41, 5.74) is 1.57. The molecule has 0 aliphatic heterocycles. The van der Waals surface area contributed by atoms with Crippen LogP contribution in [0.1, 0.15) is 10.4 Å². The van der Waals surface area contributed by atoms with Gasteiger partial charge >= 0.3 is 0 Å². The Kier molecular flexibility index (Phi) is 3.79. The fraction of sp³-hybridized carbons (Fsp3) is 0.214.